The first-order valence-electron chi connectivity index (χ1n) is 12.2. The zero-order valence-corrected chi connectivity index (χ0v) is 21.2. The molecule has 0 aliphatic heterocycles. The second kappa shape index (κ2) is 9.28. The SMILES string of the molecule is CCC(C)(C)C1CCc2c(sc(NC(=O)c3cc(-c4ccccc4)nc4ccccc34)c2C#N)C1. The van der Waals surface area contributed by atoms with Crippen LogP contribution in [0.2, 0.25) is 0 Å². The van der Waals surface area contributed by atoms with Crippen LogP contribution >= 0.6 is 11.3 Å². The van der Waals surface area contributed by atoms with Crippen molar-refractivity contribution in [3.8, 4) is 17.3 Å². The van der Waals surface area contributed by atoms with Crippen molar-refractivity contribution in [1.29, 1.82) is 5.26 Å². The molecule has 5 heteroatoms. The van der Waals surface area contributed by atoms with Crippen molar-refractivity contribution in [3.05, 3.63) is 82.2 Å². The molecule has 1 unspecified atom stereocenters. The van der Waals surface area contributed by atoms with Crippen LogP contribution in [-0.2, 0) is 12.8 Å². The minimum atomic E-state index is -0.207. The maximum atomic E-state index is 13.6. The molecule has 0 saturated carbocycles. The fourth-order valence-corrected chi connectivity index (χ4v) is 6.31. The van der Waals surface area contributed by atoms with E-state index in [2.05, 4.69) is 32.2 Å². The fraction of sp³-hybridized carbons (Fsp3) is 0.300. The molecular formula is C30H29N3OS. The number of carbonyl (C=O) groups is 1. The third-order valence-corrected chi connectivity index (χ3v) is 8.82. The van der Waals surface area contributed by atoms with Crippen molar-refractivity contribution in [2.75, 3.05) is 5.32 Å². The summed E-state index contributed by atoms with van der Waals surface area (Å²) >= 11 is 1.58. The van der Waals surface area contributed by atoms with Crippen molar-refractivity contribution in [2.45, 2.75) is 46.5 Å². The number of benzene rings is 2. The van der Waals surface area contributed by atoms with E-state index in [-0.39, 0.29) is 11.3 Å². The van der Waals surface area contributed by atoms with Crippen LogP contribution < -0.4 is 5.32 Å². The molecule has 1 N–H and O–H groups in total. The first kappa shape index (κ1) is 23.3. The van der Waals surface area contributed by atoms with Gasteiger partial charge in [0.2, 0.25) is 0 Å². The van der Waals surface area contributed by atoms with Crippen molar-refractivity contribution in [2.24, 2.45) is 11.3 Å². The second-order valence-corrected chi connectivity index (χ2v) is 11.1. The monoisotopic (exact) mass is 479 g/mol. The predicted octanol–water partition coefficient (Wildman–Crippen LogP) is 7.63. The molecule has 0 bridgehead atoms. The summed E-state index contributed by atoms with van der Waals surface area (Å²) in [6.07, 6.45) is 4.09. The van der Waals surface area contributed by atoms with Gasteiger partial charge in [0.05, 0.1) is 22.3 Å². The highest BCUT2D eigenvalue weighted by molar-refractivity contribution is 7.16. The summed E-state index contributed by atoms with van der Waals surface area (Å²) in [4.78, 5) is 19.7. The average molecular weight is 480 g/mol. The normalized spacial score (nSPS) is 15.4. The van der Waals surface area contributed by atoms with E-state index in [1.807, 2.05) is 60.7 Å². The molecule has 1 aliphatic carbocycles. The molecular weight excluding hydrogens is 450 g/mol. The summed E-state index contributed by atoms with van der Waals surface area (Å²) in [5.74, 6) is 0.382. The fourth-order valence-electron chi connectivity index (χ4n) is 5.04. The highest BCUT2D eigenvalue weighted by Crippen LogP contribution is 2.45. The number of carbonyl (C=O) groups excluding carboxylic acids is 1. The molecule has 2 heterocycles. The number of hydrogen-bond acceptors (Lipinski definition) is 4. The number of nitrogens with zero attached hydrogens (tertiary/aromatic N) is 2. The van der Waals surface area contributed by atoms with Gasteiger partial charge in [-0.25, -0.2) is 4.98 Å². The Labute approximate surface area is 210 Å². The minimum Gasteiger partial charge on any atom is -0.312 e. The Morgan fingerprint density at radius 1 is 1.17 bits per heavy atom. The van der Waals surface area contributed by atoms with E-state index in [9.17, 15) is 10.1 Å². The van der Waals surface area contributed by atoms with Crippen LogP contribution in [0.5, 0.6) is 0 Å². The van der Waals surface area contributed by atoms with Gasteiger partial charge in [0.1, 0.15) is 11.1 Å². The molecule has 0 spiro atoms. The molecule has 1 aliphatic rings. The van der Waals surface area contributed by atoms with Gasteiger partial charge in [-0.15, -0.1) is 11.3 Å². The molecule has 35 heavy (non-hydrogen) atoms. The summed E-state index contributed by atoms with van der Waals surface area (Å²) in [6.45, 7) is 6.92. The lowest BCUT2D eigenvalue weighted by Crippen LogP contribution is -2.28. The van der Waals surface area contributed by atoms with E-state index >= 15 is 0 Å². The number of nitrogens with one attached hydrogen (secondary N) is 1. The summed E-state index contributed by atoms with van der Waals surface area (Å²) in [6, 6.07) is 21.8. The van der Waals surface area contributed by atoms with Crippen LogP contribution in [0.1, 0.15) is 60.0 Å². The number of thiophene rings is 1. The number of amides is 1. The largest absolute Gasteiger partial charge is 0.312 e. The Kier molecular flexibility index (Phi) is 6.17. The predicted molar refractivity (Wildman–Crippen MR) is 144 cm³/mol. The number of para-hydroxylation sites is 1. The Balaban J connectivity index is 1.51. The van der Waals surface area contributed by atoms with Gasteiger partial charge in [-0.05, 0) is 48.3 Å². The molecule has 1 atom stereocenters. The number of pyridine rings is 1. The first-order chi connectivity index (χ1) is 16.9. The molecule has 0 radical (unpaired) electrons. The van der Waals surface area contributed by atoms with E-state index in [0.717, 1.165) is 53.4 Å². The summed E-state index contributed by atoms with van der Waals surface area (Å²) in [5, 5.41) is 14.5. The van der Waals surface area contributed by atoms with Gasteiger partial charge in [0.25, 0.3) is 5.91 Å². The topological polar surface area (TPSA) is 65.8 Å². The smallest absolute Gasteiger partial charge is 0.257 e. The number of fused-ring (bicyclic) bond motifs is 2. The number of hydrogen-bond donors (Lipinski definition) is 1. The Morgan fingerprint density at radius 3 is 2.66 bits per heavy atom. The van der Waals surface area contributed by atoms with Crippen molar-refractivity contribution in [1.82, 2.24) is 4.98 Å². The van der Waals surface area contributed by atoms with Crippen molar-refractivity contribution < 1.29 is 4.79 Å². The molecule has 0 saturated heterocycles. The van der Waals surface area contributed by atoms with E-state index in [1.165, 1.54) is 4.88 Å². The maximum Gasteiger partial charge on any atom is 0.257 e. The lowest BCUT2D eigenvalue weighted by Gasteiger charge is -2.36. The Morgan fingerprint density at radius 2 is 1.91 bits per heavy atom. The van der Waals surface area contributed by atoms with E-state index in [0.29, 0.717) is 22.0 Å². The molecule has 1 amide bonds. The van der Waals surface area contributed by atoms with Crippen LogP contribution in [0, 0.1) is 22.7 Å². The molecule has 5 rings (SSSR count). The summed E-state index contributed by atoms with van der Waals surface area (Å²) in [5.41, 5.74) is 5.07. The zero-order chi connectivity index (χ0) is 24.6. The van der Waals surface area contributed by atoms with Gasteiger partial charge in [0, 0.05) is 15.8 Å². The van der Waals surface area contributed by atoms with Crippen LogP contribution in [0.25, 0.3) is 22.2 Å². The molecule has 4 aromatic rings. The van der Waals surface area contributed by atoms with E-state index in [1.54, 1.807) is 11.3 Å². The van der Waals surface area contributed by atoms with Crippen LogP contribution in [0.4, 0.5) is 5.00 Å². The summed E-state index contributed by atoms with van der Waals surface area (Å²) < 4.78 is 0. The average Bonchev–Trinajstić information content (AvgIpc) is 3.24. The van der Waals surface area contributed by atoms with Gasteiger partial charge in [-0.3, -0.25) is 4.79 Å². The van der Waals surface area contributed by atoms with E-state index in [4.69, 9.17) is 4.98 Å². The van der Waals surface area contributed by atoms with Crippen molar-refractivity contribution >= 4 is 33.1 Å². The number of rotatable bonds is 5. The molecule has 2 aromatic carbocycles. The van der Waals surface area contributed by atoms with Crippen molar-refractivity contribution in [3.63, 3.8) is 0 Å². The quantitative estimate of drug-likeness (QED) is 0.320. The third-order valence-electron chi connectivity index (χ3n) is 7.65. The second-order valence-electron chi connectivity index (χ2n) is 9.99. The van der Waals surface area contributed by atoms with Gasteiger partial charge < -0.3 is 5.32 Å². The number of anilines is 1. The molecule has 0 fully saturated rings. The Bertz CT molecular complexity index is 1450. The standard InChI is InChI=1S/C30H29N3OS/c1-4-30(2,3)20-14-15-22-24(18-31)29(35-27(22)16-20)33-28(34)23-17-26(19-10-6-5-7-11-19)32-25-13-9-8-12-21(23)25/h5-13,17,20H,4,14-16H2,1-3H3,(H,33,34). The van der Waals surface area contributed by atoms with Gasteiger partial charge in [0.15, 0.2) is 0 Å². The zero-order valence-electron chi connectivity index (χ0n) is 20.4. The maximum absolute atomic E-state index is 13.6. The van der Waals surface area contributed by atoms with Crippen LogP contribution in [-0.4, -0.2) is 10.9 Å². The Hall–Kier alpha value is -3.49. The van der Waals surface area contributed by atoms with Gasteiger partial charge >= 0.3 is 0 Å². The first-order valence-corrected chi connectivity index (χ1v) is 13.0. The lowest BCUT2D eigenvalue weighted by atomic mass is 9.69. The third kappa shape index (κ3) is 4.35. The number of aromatic nitrogens is 1. The van der Waals surface area contributed by atoms with Gasteiger partial charge in [-0.1, -0.05) is 75.7 Å². The minimum absolute atomic E-state index is 0.207. The lowest BCUT2D eigenvalue weighted by molar-refractivity contribution is 0.102. The summed E-state index contributed by atoms with van der Waals surface area (Å²) in [7, 11) is 0. The van der Waals surface area contributed by atoms with E-state index < -0.39 is 0 Å². The number of nitriles is 1. The molecule has 2 aromatic heterocycles. The highest BCUT2D eigenvalue weighted by Gasteiger charge is 2.34. The van der Waals surface area contributed by atoms with Crippen LogP contribution in [0.15, 0.2) is 60.7 Å². The van der Waals surface area contributed by atoms with Crippen LogP contribution in [0.3, 0.4) is 0 Å². The molecule has 4 nitrogen and oxygen atoms in total. The molecule has 176 valence electrons. The highest BCUT2D eigenvalue weighted by atomic mass is 32.1. The van der Waals surface area contributed by atoms with Gasteiger partial charge in [-0.2, -0.15) is 5.26 Å².